The number of hydrogen-bond acceptors (Lipinski definition) is 2. The maximum atomic E-state index is 11.5. The van der Waals surface area contributed by atoms with Crippen molar-refractivity contribution in [3.05, 3.63) is 11.8 Å². The van der Waals surface area contributed by atoms with Crippen molar-refractivity contribution in [2.75, 3.05) is 0 Å². The van der Waals surface area contributed by atoms with E-state index in [0.717, 1.165) is 31.9 Å². The lowest BCUT2D eigenvalue weighted by Crippen LogP contribution is -2.15. The van der Waals surface area contributed by atoms with E-state index in [-0.39, 0.29) is 11.7 Å². The maximum Gasteiger partial charge on any atom is 0.164 e. The summed E-state index contributed by atoms with van der Waals surface area (Å²) in [7, 11) is 0. The zero-order valence-corrected chi connectivity index (χ0v) is 7.55. The van der Waals surface area contributed by atoms with Crippen molar-refractivity contribution in [1.82, 2.24) is 0 Å². The van der Waals surface area contributed by atoms with Crippen LogP contribution in [0.5, 0.6) is 0 Å². The van der Waals surface area contributed by atoms with Gasteiger partial charge in [-0.05, 0) is 19.3 Å². The number of allylic oxidation sites excluding steroid dienone is 1. The van der Waals surface area contributed by atoms with E-state index in [2.05, 4.69) is 0 Å². The highest BCUT2D eigenvalue weighted by molar-refractivity contribution is 5.96. The molecule has 0 bridgehead atoms. The van der Waals surface area contributed by atoms with Crippen molar-refractivity contribution in [3.8, 4) is 0 Å². The van der Waals surface area contributed by atoms with Crippen LogP contribution in [-0.2, 0) is 4.79 Å². The molecule has 1 atom stereocenters. The van der Waals surface area contributed by atoms with Crippen molar-refractivity contribution in [2.24, 2.45) is 5.92 Å². The largest absolute Gasteiger partial charge is 0.515 e. The topological polar surface area (TPSA) is 37.3 Å². The first-order valence-electron chi connectivity index (χ1n) is 4.63. The lowest BCUT2D eigenvalue weighted by atomic mass is 9.88. The van der Waals surface area contributed by atoms with Crippen molar-refractivity contribution >= 4 is 5.78 Å². The van der Waals surface area contributed by atoms with Crippen LogP contribution in [0, 0.1) is 5.92 Å². The molecule has 1 aliphatic rings. The predicted octanol–water partition coefficient (Wildman–Crippen LogP) is 2.60. The van der Waals surface area contributed by atoms with Gasteiger partial charge in [-0.2, -0.15) is 0 Å². The Morgan fingerprint density at radius 3 is 2.83 bits per heavy atom. The van der Waals surface area contributed by atoms with Crippen molar-refractivity contribution in [2.45, 2.75) is 39.0 Å². The van der Waals surface area contributed by atoms with Gasteiger partial charge in [0.25, 0.3) is 0 Å². The van der Waals surface area contributed by atoms with E-state index in [0.29, 0.717) is 5.57 Å². The van der Waals surface area contributed by atoms with Crippen LogP contribution in [0.15, 0.2) is 11.8 Å². The highest BCUT2D eigenvalue weighted by Gasteiger charge is 2.19. The second kappa shape index (κ2) is 4.29. The predicted molar refractivity (Wildman–Crippen MR) is 48.0 cm³/mol. The fourth-order valence-electron chi connectivity index (χ4n) is 1.64. The van der Waals surface area contributed by atoms with Gasteiger partial charge < -0.3 is 5.11 Å². The van der Waals surface area contributed by atoms with Gasteiger partial charge in [0.15, 0.2) is 5.78 Å². The van der Waals surface area contributed by atoms with Crippen LogP contribution < -0.4 is 0 Å². The summed E-state index contributed by atoms with van der Waals surface area (Å²) in [5.74, 6) is 0.237. The smallest absolute Gasteiger partial charge is 0.164 e. The molecule has 1 saturated carbocycles. The lowest BCUT2D eigenvalue weighted by molar-refractivity contribution is -0.119. The summed E-state index contributed by atoms with van der Waals surface area (Å²) >= 11 is 0. The second-order valence-corrected chi connectivity index (χ2v) is 3.52. The summed E-state index contributed by atoms with van der Waals surface area (Å²) in [6.07, 6.45) is 6.06. The molecule has 0 aromatic rings. The van der Waals surface area contributed by atoms with Crippen LogP contribution in [0.3, 0.4) is 0 Å². The SMILES string of the molecule is CC1CCCCC/C(=C/O)C1=O. The number of carbonyl (C=O) groups excluding carboxylic acids is 1. The molecular formula is C10H16O2. The number of rotatable bonds is 0. The number of Topliss-reactive ketones (excluding diaryl/α,β-unsaturated/α-hetero) is 1. The standard InChI is InChI=1S/C10H16O2/c1-8-5-3-2-4-6-9(7-11)10(8)12/h7-8,11H,2-6H2,1H3/b9-7-. The van der Waals surface area contributed by atoms with E-state index in [1.54, 1.807) is 0 Å². The Balaban J connectivity index is 2.66. The molecule has 1 unspecified atom stereocenters. The van der Waals surface area contributed by atoms with Crippen LogP contribution in [0.2, 0.25) is 0 Å². The second-order valence-electron chi connectivity index (χ2n) is 3.52. The third-order valence-electron chi connectivity index (χ3n) is 2.50. The van der Waals surface area contributed by atoms with E-state index >= 15 is 0 Å². The van der Waals surface area contributed by atoms with E-state index < -0.39 is 0 Å². The molecule has 0 saturated heterocycles. The summed E-state index contributed by atoms with van der Waals surface area (Å²) < 4.78 is 0. The molecule has 0 aromatic heterocycles. The summed E-state index contributed by atoms with van der Waals surface area (Å²) in [6, 6.07) is 0. The third-order valence-corrected chi connectivity index (χ3v) is 2.50. The molecule has 0 spiro atoms. The first kappa shape index (κ1) is 9.30. The Hall–Kier alpha value is -0.790. The molecule has 2 nitrogen and oxygen atoms in total. The van der Waals surface area contributed by atoms with Gasteiger partial charge >= 0.3 is 0 Å². The molecule has 68 valence electrons. The Bertz CT molecular complexity index is 194. The minimum absolute atomic E-state index is 0.101. The molecule has 0 aliphatic heterocycles. The van der Waals surface area contributed by atoms with E-state index in [1.165, 1.54) is 6.42 Å². The number of aliphatic hydroxyl groups is 1. The average Bonchev–Trinajstić information content (AvgIpc) is 2.07. The normalized spacial score (nSPS) is 29.9. The molecule has 1 N–H and O–H groups in total. The summed E-state index contributed by atoms with van der Waals surface area (Å²) in [6.45, 7) is 1.94. The molecule has 0 radical (unpaired) electrons. The van der Waals surface area contributed by atoms with Gasteiger partial charge in [-0.1, -0.05) is 19.8 Å². The Labute approximate surface area is 73.3 Å². The zero-order valence-electron chi connectivity index (χ0n) is 7.55. The van der Waals surface area contributed by atoms with Crippen molar-refractivity contribution < 1.29 is 9.90 Å². The zero-order chi connectivity index (χ0) is 8.97. The van der Waals surface area contributed by atoms with E-state index in [4.69, 9.17) is 5.11 Å². The Morgan fingerprint density at radius 2 is 2.17 bits per heavy atom. The summed E-state index contributed by atoms with van der Waals surface area (Å²) in [4.78, 5) is 11.5. The number of hydrogen-bond donors (Lipinski definition) is 1. The van der Waals surface area contributed by atoms with Crippen LogP contribution >= 0.6 is 0 Å². The Kier molecular flexibility index (Phi) is 3.32. The molecule has 1 rings (SSSR count). The fraction of sp³-hybridized carbons (Fsp3) is 0.700. The number of carbonyl (C=O) groups is 1. The van der Waals surface area contributed by atoms with Crippen LogP contribution in [-0.4, -0.2) is 10.9 Å². The molecule has 0 aromatic carbocycles. The highest BCUT2D eigenvalue weighted by atomic mass is 16.2. The molecule has 12 heavy (non-hydrogen) atoms. The maximum absolute atomic E-state index is 11.5. The quantitative estimate of drug-likeness (QED) is 0.446. The molecule has 0 heterocycles. The molecule has 0 amide bonds. The molecule has 2 heteroatoms. The minimum Gasteiger partial charge on any atom is -0.515 e. The third kappa shape index (κ3) is 2.10. The number of aliphatic hydroxyl groups excluding tert-OH is 1. The van der Waals surface area contributed by atoms with E-state index in [9.17, 15) is 4.79 Å². The van der Waals surface area contributed by atoms with Gasteiger partial charge in [0.1, 0.15) is 0 Å². The van der Waals surface area contributed by atoms with Gasteiger partial charge in [0, 0.05) is 11.5 Å². The first-order valence-corrected chi connectivity index (χ1v) is 4.63. The highest BCUT2D eigenvalue weighted by Crippen LogP contribution is 2.22. The Morgan fingerprint density at radius 1 is 1.42 bits per heavy atom. The van der Waals surface area contributed by atoms with Gasteiger partial charge in [-0.15, -0.1) is 0 Å². The van der Waals surface area contributed by atoms with Crippen LogP contribution in [0.1, 0.15) is 39.0 Å². The van der Waals surface area contributed by atoms with Gasteiger partial charge in [0.2, 0.25) is 0 Å². The summed E-state index contributed by atoms with van der Waals surface area (Å²) in [5, 5.41) is 8.81. The lowest BCUT2D eigenvalue weighted by Gasteiger charge is -2.15. The van der Waals surface area contributed by atoms with Crippen LogP contribution in [0.25, 0.3) is 0 Å². The monoisotopic (exact) mass is 168 g/mol. The van der Waals surface area contributed by atoms with Crippen molar-refractivity contribution in [1.29, 1.82) is 0 Å². The fourth-order valence-corrected chi connectivity index (χ4v) is 1.64. The van der Waals surface area contributed by atoms with Crippen LogP contribution in [0.4, 0.5) is 0 Å². The minimum atomic E-state index is 0.101. The van der Waals surface area contributed by atoms with Crippen molar-refractivity contribution in [3.63, 3.8) is 0 Å². The molecule has 1 aliphatic carbocycles. The molecule has 1 fully saturated rings. The average molecular weight is 168 g/mol. The summed E-state index contributed by atoms with van der Waals surface area (Å²) in [5.41, 5.74) is 0.613. The van der Waals surface area contributed by atoms with Gasteiger partial charge in [0.05, 0.1) is 6.26 Å². The van der Waals surface area contributed by atoms with E-state index in [1.807, 2.05) is 6.92 Å². The number of ketones is 1. The first-order chi connectivity index (χ1) is 5.75. The molecular weight excluding hydrogens is 152 g/mol. The van der Waals surface area contributed by atoms with Gasteiger partial charge in [-0.3, -0.25) is 4.79 Å². The van der Waals surface area contributed by atoms with Gasteiger partial charge in [-0.25, -0.2) is 0 Å².